The number of ether oxygens (including phenoxy) is 2. The number of rotatable bonds is 8. The van der Waals surface area contributed by atoms with Gasteiger partial charge in [0.2, 0.25) is 5.91 Å². The highest BCUT2D eigenvalue weighted by atomic mass is 127. The van der Waals surface area contributed by atoms with E-state index in [2.05, 4.69) is 20.9 Å². The average molecular weight is 532 g/mol. The summed E-state index contributed by atoms with van der Waals surface area (Å²) in [7, 11) is 3.39. The molecule has 1 fully saturated rings. The third-order valence-corrected chi connectivity index (χ3v) is 4.99. The number of nitrogens with zero attached hydrogens (tertiary/aromatic N) is 1. The molecule has 1 amide bonds. The molecule has 1 aliphatic carbocycles. The molecule has 8 heteroatoms. The number of aliphatic imine (C=N–C) groups is 1. The number of halogens is 1. The molecule has 3 N–H and O–H groups in total. The van der Waals surface area contributed by atoms with Gasteiger partial charge in [0.15, 0.2) is 17.5 Å². The molecule has 7 nitrogen and oxygen atoms in total. The van der Waals surface area contributed by atoms with Gasteiger partial charge in [0, 0.05) is 25.0 Å². The summed E-state index contributed by atoms with van der Waals surface area (Å²) in [5.74, 6) is 2.39. The SMILES string of the molecule is CN=C(NCC(C)Oc1ccccc1OC)NC1CCCC(C(=O)NC(C)C)C1.I. The van der Waals surface area contributed by atoms with Crippen molar-refractivity contribution in [2.45, 2.75) is 64.6 Å². The zero-order valence-corrected chi connectivity index (χ0v) is 21.1. The average Bonchev–Trinajstić information content (AvgIpc) is 2.71. The van der Waals surface area contributed by atoms with Crippen molar-refractivity contribution in [3.63, 3.8) is 0 Å². The maximum absolute atomic E-state index is 12.3. The first-order valence-electron chi connectivity index (χ1n) is 10.5. The number of hydrogen-bond acceptors (Lipinski definition) is 4. The third-order valence-electron chi connectivity index (χ3n) is 4.99. The van der Waals surface area contributed by atoms with Crippen LogP contribution in [0.3, 0.4) is 0 Å². The molecule has 3 unspecified atom stereocenters. The van der Waals surface area contributed by atoms with Crippen LogP contribution in [0.4, 0.5) is 0 Å². The molecule has 1 aromatic carbocycles. The lowest BCUT2D eigenvalue weighted by Gasteiger charge is -2.30. The van der Waals surface area contributed by atoms with Crippen LogP contribution in [0.5, 0.6) is 11.5 Å². The van der Waals surface area contributed by atoms with Crippen molar-refractivity contribution in [3.8, 4) is 11.5 Å². The molecule has 0 spiro atoms. The van der Waals surface area contributed by atoms with Crippen LogP contribution in [0.2, 0.25) is 0 Å². The Bertz CT molecular complexity index is 684. The van der Waals surface area contributed by atoms with Gasteiger partial charge in [-0.3, -0.25) is 9.79 Å². The molecule has 0 aromatic heterocycles. The van der Waals surface area contributed by atoms with Crippen molar-refractivity contribution in [3.05, 3.63) is 24.3 Å². The van der Waals surface area contributed by atoms with E-state index < -0.39 is 0 Å². The molecule has 0 saturated heterocycles. The van der Waals surface area contributed by atoms with E-state index in [0.29, 0.717) is 6.54 Å². The highest BCUT2D eigenvalue weighted by molar-refractivity contribution is 14.0. The van der Waals surface area contributed by atoms with Crippen LogP contribution in [0.1, 0.15) is 46.5 Å². The monoisotopic (exact) mass is 532 g/mol. The van der Waals surface area contributed by atoms with Gasteiger partial charge in [0.05, 0.1) is 13.7 Å². The van der Waals surface area contributed by atoms with E-state index in [1.54, 1.807) is 14.2 Å². The first-order valence-corrected chi connectivity index (χ1v) is 10.5. The molecule has 170 valence electrons. The van der Waals surface area contributed by atoms with E-state index in [-0.39, 0.29) is 54.0 Å². The zero-order chi connectivity index (χ0) is 21.2. The zero-order valence-electron chi connectivity index (χ0n) is 18.7. The molecule has 30 heavy (non-hydrogen) atoms. The molecule has 0 aliphatic heterocycles. The van der Waals surface area contributed by atoms with E-state index in [1.807, 2.05) is 45.0 Å². The van der Waals surface area contributed by atoms with Crippen LogP contribution in [0, 0.1) is 5.92 Å². The summed E-state index contributed by atoms with van der Waals surface area (Å²) in [5.41, 5.74) is 0. The number of amides is 1. The number of methoxy groups -OCH3 is 1. The number of benzene rings is 1. The lowest BCUT2D eigenvalue weighted by atomic mass is 9.85. The predicted octanol–water partition coefficient (Wildman–Crippen LogP) is 3.33. The van der Waals surface area contributed by atoms with Crippen LogP contribution in [0.15, 0.2) is 29.3 Å². The lowest BCUT2D eigenvalue weighted by molar-refractivity contribution is -0.126. The summed E-state index contributed by atoms with van der Waals surface area (Å²) < 4.78 is 11.3. The van der Waals surface area contributed by atoms with Crippen molar-refractivity contribution in [1.29, 1.82) is 0 Å². The predicted molar refractivity (Wildman–Crippen MR) is 132 cm³/mol. The normalized spacial score (nSPS) is 20.0. The lowest BCUT2D eigenvalue weighted by Crippen LogP contribution is -2.49. The van der Waals surface area contributed by atoms with Gasteiger partial charge in [-0.1, -0.05) is 18.6 Å². The standard InChI is InChI=1S/C22H36N4O3.HI/c1-15(2)25-21(27)17-9-8-10-18(13-17)26-22(23-4)24-14-16(3)29-20-12-7-6-11-19(20)28-5;/h6-7,11-12,15-18H,8-10,13-14H2,1-5H3,(H,25,27)(H2,23,24,26);1H. The van der Waals surface area contributed by atoms with Crippen molar-refractivity contribution < 1.29 is 14.3 Å². The van der Waals surface area contributed by atoms with Crippen LogP contribution < -0.4 is 25.4 Å². The van der Waals surface area contributed by atoms with E-state index in [9.17, 15) is 4.79 Å². The molecule has 0 bridgehead atoms. The van der Waals surface area contributed by atoms with Gasteiger partial charge in [-0.15, -0.1) is 24.0 Å². The maximum Gasteiger partial charge on any atom is 0.223 e. The Labute approximate surface area is 197 Å². The van der Waals surface area contributed by atoms with E-state index in [1.165, 1.54) is 0 Å². The van der Waals surface area contributed by atoms with E-state index in [4.69, 9.17) is 9.47 Å². The molecule has 1 saturated carbocycles. The largest absolute Gasteiger partial charge is 0.493 e. The Hall–Kier alpha value is -1.71. The third kappa shape index (κ3) is 8.57. The van der Waals surface area contributed by atoms with Crippen molar-refractivity contribution in [2.24, 2.45) is 10.9 Å². The van der Waals surface area contributed by atoms with E-state index in [0.717, 1.165) is 43.1 Å². The Balaban J connectivity index is 0.00000450. The van der Waals surface area contributed by atoms with Crippen molar-refractivity contribution >= 4 is 35.8 Å². The van der Waals surface area contributed by atoms with Gasteiger partial charge in [-0.25, -0.2) is 0 Å². The number of guanidine groups is 1. The molecule has 1 aliphatic rings. The Kier molecular flexibility index (Phi) is 11.9. The highest BCUT2D eigenvalue weighted by Gasteiger charge is 2.28. The van der Waals surface area contributed by atoms with E-state index >= 15 is 0 Å². The van der Waals surface area contributed by atoms with Gasteiger partial charge >= 0.3 is 0 Å². The fourth-order valence-corrected chi connectivity index (χ4v) is 3.56. The maximum atomic E-state index is 12.3. The fourth-order valence-electron chi connectivity index (χ4n) is 3.56. The number of nitrogens with one attached hydrogen (secondary N) is 3. The topological polar surface area (TPSA) is 84.0 Å². The van der Waals surface area contributed by atoms with Gasteiger partial charge in [0.1, 0.15) is 6.10 Å². The summed E-state index contributed by atoms with van der Waals surface area (Å²) in [6, 6.07) is 8.03. The quantitative estimate of drug-likeness (QED) is 0.272. The fraction of sp³-hybridized carbons (Fsp3) is 0.636. The number of hydrogen-bond donors (Lipinski definition) is 3. The summed E-state index contributed by atoms with van der Waals surface area (Å²) in [4.78, 5) is 16.7. The second-order valence-corrected chi connectivity index (χ2v) is 7.90. The molecule has 1 aromatic rings. The second kappa shape index (κ2) is 13.6. The molecular weight excluding hydrogens is 495 g/mol. The van der Waals surface area contributed by atoms with Crippen LogP contribution in [-0.2, 0) is 4.79 Å². The smallest absolute Gasteiger partial charge is 0.223 e. The van der Waals surface area contributed by atoms with Gasteiger partial charge in [-0.2, -0.15) is 0 Å². The summed E-state index contributed by atoms with van der Waals surface area (Å²) in [6.45, 7) is 6.59. The van der Waals surface area contributed by atoms with Gasteiger partial charge < -0.3 is 25.4 Å². The van der Waals surface area contributed by atoms with Crippen molar-refractivity contribution in [1.82, 2.24) is 16.0 Å². The number of para-hydroxylation sites is 2. The minimum Gasteiger partial charge on any atom is -0.493 e. The molecule has 0 radical (unpaired) electrons. The first-order chi connectivity index (χ1) is 13.9. The van der Waals surface area contributed by atoms with Gasteiger partial charge in [-0.05, 0) is 52.2 Å². The molecule has 3 atom stereocenters. The highest BCUT2D eigenvalue weighted by Crippen LogP contribution is 2.27. The van der Waals surface area contributed by atoms with Crippen molar-refractivity contribution in [2.75, 3.05) is 20.7 Å². The number of carbonyl (C=O) groups is 1. The summed E-state index contributed by atoms with van der Waals surface area (Å²) in [5, 5.41) is 9.82. The minimum atomic E-state index is -0.0687. The van der Waals surface area contributed by atoms with Crippen LogP contribution in [-0.4, -0.2) is 50.8 Å². The Morgan fingerprint density at radius 3 is 2.53 bits per heavy atom. The second-order valence-electron chi connectivity index (χ2n) is 7.90. The summed E-state index contributed by atoms with van der Waals surface area (Å²) in [6.07, 6.45) is 3.79. The van der Waals surface area contributed by atoms with Gasteiger partial charge in [0.25, 0.3) is 0 Å². The summed E-state index contributed by atoms with van der Waals surface area (Å²) >= 11 is 0. The Morgan fingerprint density at radius 2 is 1.90 bits per heavy atom. The molecule has 0 heterocycles. The first kappa shape index (κ1) is 26.3. The molecule has 2 rings (SSSR count). The molecular formula is C22H37IN4O3. The number of carbonyl (C=O) groups excluding carboxylic acids is 1. The minimum absolute atomic E-state index is 0. The Morgan fingerprint density at radius 1 is 1.20 bits per heavy atom. The van der Waals surface area contributed by atoms with Crippen LogP contribution >= 0.6 is 24.0 Å². The van der Waals surface area contributed by atoms with Crippen LogP contribution in [0.25, 0.3) is 0 Å².